The Bertz CT molecular complexity index is 566. The molecule has 1 atom stereocenters. The van der Waals surface area contributed by atoms with Crippen LogP contribution in [0.25, 0.3) is 0 Å². The average Bonchev–Trinajstić information content (AvgIpc) is 2.53. The Morgan fingerprint density at radius 1 is 1.10 bits per heavy atom. The van der Waals surface area contributed by atoms with Gasteiger partial charge in [-0.15, -0.1) is 6.58 Å². The summed E-state index contributed by atoms with van der Waals surface area (Å²) in [7, 11) is 0. The number of carbonyl (C=O) groups excluding carboxylic acids is 1. The van der Waals surface area contributed by atoms with Gasteiger partial charge in [-0.3, -0.25) is 10.0 Å². The fourth-order valence-corrected chi connectivity index (χ4v) is 2.03. The predicted molar refractivity (Wildman–Crippen MR) is 79.7 cm³/mol. The van der Waals surface area contributed by atoms with Crippen molar-refractivity contribution in [2.24, 2.45) is 0 Å². The van der Waals surface area contributed by atoms with Crippen molar-refractivity contribution in [3.05, 3.63) is 78.9 Å². The second-order valence-corrected chi connectivity index (χ2v) is 4.50. The smallest absolute Gasteiger partial charge is 0.251 e. The van der Waals surface area contributed by atoms with Crippen LogP contribution in [-0.4, -0.2) is 11.1 Å². The Hall–Kier alpha value is -2.39. The molecule has 0 radical (unpaired) electrons. The number of hydroxylamine groups is 1. The lowest BCUT2D eigenvalue weighted by Gasteiger charge is -2.18. The van der Waals surface area contributed by atoms with Crippen LogP contribution in [0.2, 0.25) is 0 Å². The first-order chi connectivity index (χ1) is 9.72. The monoisotopic (exact) mass is 267 g/mol. The van der Waals surface area contributed by atoms with Gasteiger partial charge in [0.25, 0.3) is 5.91 Å². The summed E-state index contributed by atoms with van der Waals surface area (Å²) in [5.74, 6) is -0.466. The maximum Gasteiger partial charge on any atom is 0.251 e. The Kier molecular flexibility index (Phi) is 4.69. The lowest BCUT2D eigenvalue weighted by molar-refractivity contribution is -0.123. The standard InChI is InChI=1S/C17H17NO2/c1-2-14(15-9-5-3-6-10-15)13-17(19)18(20)16-11-7-4-8-12-16/h2-12,14,20H,1,13H2. The van der Waals surface area contributed by atoms with Crippen molar-refractivity contribution in [1.29, 1.82) is 0 Å². The van der Waals surface area contributed by atoms with E-state index in [1.807, 2.05) is 36.4 Å². The molecular weight excluding hydrogens is 250 g/mol. The molecule has 0 heterocycles. The Morgan fingerprint density at radius 2 is 1.65 bits per heavy atom. The van der Waals surface area contributed by atoms with Gasteiger partial charge in [-0.05, 0) is 17.7 Å². The molecular formula is C17H17NO2. The van der Waals surface area contributed by atoms with Gasteiger partial charge in [-0.25, -0.2) is 0 Å². The van der Waals surface area contributed by atoms with Crippen LogP contribution < -0.4 is 5.06 Å². The minimum atomic E-state index is -0.357. The summed E-state index contributed by atoms with van der Waals surface area (Å²) >= 11 is 0. The molecule has 2 aromatic rings. The van der Waals surface area contributed by atoms with Crippen molar-refractivity contribution in [3.8, 4) is 0 Å². The van der Waals surface area contributed by atoms with Crippen molar-refractivity contribution in [3.63, 3.8) is 0 Å². The molecule has 0 aliphatic rings. The summed E-state index contributed by atoms with van der Waals surface area (Å²) in [6.45, 7) is 3.77. The normalized spacial score (nSPS) is 11.7. The molecule has 20 heavy (non-hydrogen) atoms. The molecule has 1 unspecified atom stereocenters. The second-order valence-electron chi connectivity index (χ2n) is 4.50. The molecule has 1 N–H and O–H groups in total. The molecule has 0 saturated heterocycles. The van der Waals surface area contributed by atoms with Gasteiger partial charge >= 0.3 is 0 Å². The van der Waals surface area contributed by atoms with E-state index in [2.05, 4.69) is 6.58 Å². The highest BCUT2D eigenvalue weighted by atomic mass is 16.5. The maximum absolute atomic E-state index is 12.1. The highest BCUT2D eigenvalue weighted by molar-refractivity contribution is 5.91. The van der Waals surface area contributed by atoms with Gasteiger partial charge in [0.1, 0.15) is 0 Å². The fraction of sp³-hybridized carbons (Fsp3) is 0.118. The lowest BCUT2D eigenvalue weighted by Crippen LogP contribution is -2.28. The lowest BCUT2D eigenvalue weighted by atomic mass is 9.95. The summed E-state index contributed by atoms with van der Waals surface area (Å²) in [5, 5.41) is 10.6. The Morgan fingerprint density at radius 3 is 2.20 bits per heavy atom. The zero-order valence-corrected chi connectivity index (χ0v) is 11.1. The summed E-state index contributed by atoms with van der Waals surface area (Å²) in [5.41, 5.74) is 1.48. The molecule has 3 heteroatoms. The molecule has 1 amide bonds. The summed E-state index contributed by atoms with van der Waals surface area (Å²) in [4.78, 5) is 12.1. The van der Waals surface area contributed by atoms with E-state index in [4.69, 9.17) is 0 Å². The number of anilines is 1. The molecule has 0 aliphatic carbocycles. The number of carbonyl (C=O) groups is 1. The van der Waals surface area contributed by atoms with Crippen LogP contribution in [0.3, 0.4) is 0 Å². The van der Waals surface area contributed by atoms with Crippen LogP contribution in [0.4, 0.5) is 5.69 Å². The number of nitrogens with zero attached hydrogens (tertiary/aromatic N) is 1. The number of amides is 1. The topological polar surface area (TPSA) is 40.5 Å². The molecule has 0 saturated carbocycles. The summed E-state index contributed by atoms with van der Waals surface area (Å²) in [6.07, 6.45) is 1.91. The third kappa shape index (κ3) is 3.33. The van der Waals surface area contributed by atoms with Crippen LogP contribution in [-0.2, 0) is 4.79 Å². The Balaban J connectivity index is 2.08. The largest absolute Gasteiger partial charge is 0.281 e. The van der Waals surface area contributed by atoms with Crippen molar-refractivity contribution < 1.29 is 10.0 Å². The number of hydrogen-bond donors (Lipinski definition) is 1. The third-order valence-electron chi connectivity index (χ3n) is 3.14. The van der Waals surface area contributed by atoms with Crippen molar-refractivity contribution in [1.82, 2.24) is 0 Å². The number of para-hydroxylation sites is 1. The van der Waals surface area contributed by atoms with Gasteiger partial charge in [-0.1, -0.05) is 54.6 Å². The quantitative estimate of drug-likeness (QED) is 0.509. The first-order valence-electron chi connectivity index (χ1n) is 6.46. The minimum absolute atomic E-state index is 0.109. The predicted octanol–water partition coefficient (Wildman–Crippen LogP) is 3.77. The maximum atomic E-state index is 12.1. The first-order valence-corrected chi connectivity index (χ1v) is 6.46. The van der Waals surface area contributed by atoms with Gasteiger partial charge in [0.05, 0.1) is 5.69 Å². The Labute approximate surface area is 118 Å². The van der Waals surface area contributed by atoms with Crippen molar-refractivity contribution >= 4 is 11.6 Å². The van der Waals surface area contributed by atoms with E-state index in [1.165, 1.54) is 0 Å². The first kappa shape index (κ1) is 14.0. The van der Waals surface area contributed by atoms with Crippen LogP contribution in [0.5, 0.6) is 0 Å². The fourth-order valence-electron chi connectivity index (χ4n) is 2.03. The van der Waals surface area contributed by atoms with Gasteiger partial charge in [-0.2, -0.15) is 5.06 Å². The number of hydrogen-bond acceptors (Lipinski definition) is 2. The highest BCUT2D eigenvalue weighted by Gasteiger charge is 2.18. The van der Waals surface area contributed by atoms with Crippen LogP contribution in [0.1, 0.15) is 17.9 Å². The van der Waals surface area contributed by atoms with Gasteiger partial charge in [0.15, 0.2) is 0 Å². The molecule has 0 fully saturated rings. The highest BCUT2D eigenvalue weighted by Crippen LogP contribution is 2.22. The van der Waals surface area contributed by atoms with E-state index in [9.17, 15) is 10.0 Å². The molecule has 2 rings (SSSR count). The molecule has 3 nitrogen and oxygen atoms in total. The second kappa shape index (κ2) is 6.68. The summed E-state index contributed by atoms with van der Waals surface area (Å²) < 4.78 is 0. The molecule has 102 valence electrons. The van der Waals surface area contributed by atoms with Gasteiger partial charge in [0.2, 0.25) is 0 Å². The number of benzene rings is 2. The summed E-state index contributed by atoms with van der Waals surface area (Å²) in [6, 6.07) is 18.4. The number of rotatable bonds is 5. The average molecular weight is 267 g/mol. The molecule has 0 aromatic heterocycles. The van der Waals surface area contributed by atoms with Gasteiger partial charge in [0, 0.05) is 12.3 Å². The van der Waals surface area contributed by atoms with Crippen LogP contribution >= 0.6 is 0 Å². The van der Waals surface area contributed by atoms with E-state index in [1.54, 1.807) is 30.3 Å². The van der Waals surface area contributed by atoms with E-state index < -0.39 is 0 Å². The van der Waals surface area contributed by atoms with Crippen LogP contribution in [0, 0.1) is 0 Å². The zero-order valence-electron chi connectivity index (χ0n) is 11.1. The molecule has 0 bridgehead atoms. The van der Waals surface area contributed by atoms with E-state index in [0.717, 1.165) is 5.56 Å². The third-order valence-corrected chi connectivity index (χ3v) is 3.14. The SMILES string of the molecule is C=CC(CC(=O)N(O)c1ccccc1)c1ccccc1. The van der Waals surface area contributed by atoms with Crippen molar-refractivity contribution in [2.45, 2.75) is 12.3 Å². The molecule has 0 aliphatic heterocycles. The zero-order chi connectivity index (χ0) is 14.4. The van der Waals surface area contributed by atoms with Crippen LogP contribution in [0.15, 0.2) is 73.3 Å². The number of allylic oxidation sites excluding steroid dienone is 1. The minimum Gasteiger partial charge on any atom is -0.281 e. The van der Waals surface area contributed by atoms with E-state index in [0.29, 0.717) is 10.8 Å². The molecule has 2 aromatic carbocycles. The van der Waals surface area contributed by atoms with Gasteiger partial charge < -0.3 is 0 Å². The van der Waals surface area contributed by atoms with Crippen molar-refractivity contribution in [2.75, 3.05) is 5.06 Å². The molecule has 0 spiro atoms. The van der Waals surface area contributed by atoms with E-state index in [-0.39, 0.29) is 18.2 Å². The van der Waals surface area contributed by atoms with E-state index >= 15 is 0 Å².